The van der Waals surface area contributed by atoms with Gasteiger partial charge in [0.1, 0.15) is 11.5 Å². The van der Waals surface area contributed by atoms with Crippen LogP contribution >= 0.6 is 11.6 Å². The zero-order chi connectivity index (χ0) is 21.6. The molecular weight excluding hydrogens is 423 g/mol. The first-order valence-corrected chi connectivity index (χ1v) is 8.53. The average Bonchev–Trinajstić information content (AvgIpc) is 3.02. The number of aliphatic imine (C=N–C) groups is 1. The van der Waals surface area contributed by atoms with Crippen LogP contribution in [0.25, 0.3) is 0 Å². The van der Waals surface area contributed by atoms with Crippen LogP contribution in [0.2, 0.25) is 5.02 Å². The summed E-state index contributed by atoms with van der Waals surface area (Å²) in [5, 5.41) is 3.12. The molecule has 0 saturated carbocycles. The van der Waals surface area contributed by atoms with Crippen LogP contribution in [0.3, 0.4) is 0 Å². The van der Waals surface area contributed by atoms with E-state index < -0.39 is 59.9 Å². The number of ether oxygens (including phenoxy) is 1. The van der Waals surface area contributed by atoms with Crippen molar-refractivity contribution < 1.29 is 31.5 Å². The topological polar surface area (TPSA) is 82.5 Å². The van der Waals surface area contributed by atoms with Gasteiger partial charge in [0, 0.05) is 12.0 Å². The fourth-order valence-electron chi connectivity index (χ4n) is 2.88. The van der Waals surface area contributed by atoms with Crippen LogP contribution in [0.4, 0.5) is 22.0 Å². The number of aromatic nitrogens is 2. The van der Waals surface area contributed by atoms with Crippen molar-refractivity contribution in [2.24, 2.45) is 10.7 Å². The Balaban J connectivity index is 1.96. The van der Waals surface area contributed by atoms with Crippen molar-refractivity contribution in [2.45, 2.75) is 31.4 Å². The highest BCUT2D eigenvalue weighted by atomic mass is 35.5. The van der Waals surface area contributed by atoms with Crippen molar-refractivity contribution >= 4 is 23.4 Å². The van der Waals surface area contributed by atoms with Crippen molar-refractivity contribution in [1.29, 1.82) is 0 Å². The highest BCUT2D eigenvalue weighted by Gasteiger charge is 2.56. The second kappa shape index (κ2) is 7.29. The molecule has 0 spiro atoms. The van der Waals surface area contributed by atoms with E-state index in [1.807, 2.05) is 0 Å². The number of nitrogens with zero attached hydrogens (tertiary/aromatic N) is 3. The van der Waals surface area contributed by atoms with E-state index in [2.05, 4.69) is 14.8 Å². The summed E-state index contributed by atoms with van der Waals surface area (Å²) in [4.78, 5) is 16.0. The lowest BCUT2D eigenvalue weighted by atomic mass is 9.84. The molecule has 0 bridgehead atoms. The summed E-state index contributed by atoms with van der Waals surface area (Å²) in [7, 11) is 0. The minimum Gasteiger partial charge on any atom is -0.459 e. The van der Waals surface area contributed by atoms with Crippen LogP contribution in [-0.4, -0.2) is 34.1 Å². The Morgan fingerprint density at radius 2 is 2.10 bits per heavy atom. The van der Waals surface area contributed by atoms with E-state index in [-0.39, 0.29) is 15.3 Å². The molecule has 1 aliphatic rings. The number of nitrogens with two attached hydrogens (primary N) is 1. The summed E-state index contributed by atoms with van der Waals surface area (Å²) < 4.78 is 73.5. The number of alkyl halides is 4. The zero-order valence-electron chi connectivity index (χ0n) is 14.8. The molecule has 1 aliphatic heterocycles. The van der Waals surface area contributed by atoms with Gasteiger partial charge in [0.25, 0.3) is 6.02 Å². The normalized spacial score (nSPS) is 21.0. The lowest BCUT2D eigenvalue weighted by Crippen LogP contribution is -2.51. The molecule has 6 nitrogen and oxygen atoms in total. The van der Waals surface area contributed by atoms with Crippen LogP contribution in [0.1, 0.15) is 35.1 Å². The molecule has 0 unspecified atom stereocenters. The summed E-state index contributed by atoms with van der Waals surface area (Å²) in [6, 6.07) is 2.62. The predicted molar refractivity (Wildman–Crippen MR) is 92.8 cm³/mol. The minimum atomic E-state index is -3.58. The van der Waals surface area contributed by atoms with Gasteiger partial charge in [0.2, 0.25) is 0 Å². The third-order valence-corrected chi connectivity index (χ3v) is 4.80. The van der Waals surface area contributed by atoms with Gasteiger partial charge in [-0.2, -0.15) is 22.7 Å². The number of benzene rings is 1. The van der Waals surface area contributed by atoms with Crippen LogP contribution in [-0.2, 0) is 16.7 Å². The molecular formula is C17H14ClF5N4O2. The van der Waals surface area contributed by atoms with Crippen molar-refractivity contribution in [2.75, 3.05) is 6.61 Å². The Hall–Kier alpha value is -2.69. The summed E-state index contributed by atoms with van der Waals surface area (Å²) in [6.07, 6.45) is 0.348. The van der Waals surface area contributed by atoms with Crippen molar-refractivity contribution in [3.63, 3.8) is 0 Å². The molecule has 0 saturated heterocycles. The van der Waals surface area contributed by atoms with Gasteiger partial charge in [-0.3, -0.25) is 4.79 Å². The standard InChI is InChI=1S/C17H14ClF5N4O2/c1-16(17(22,23)7-29-15(24)25-16)9-4-8(2-3-11(9)19)5-12(28)13-10(18)6-27(26-13)14(20)21/h2-4,6,14H,5,7H2,1H3,(H2,24,25)/t16-/m1/s1. The maximum Gasteiger partial charge on any atom is 0.333 e. The van der Waals surface area contributed by atoms with E-state index in [1.54, 1.807) is 0 Å². The number of ketones is 1. The third-order valence-electron chi connectivity index (χ3n) is 4.52. The van der Waals surface area contributed by atoms with E-state index in [4.69, 9.17) is 17.3 Å². The number of halogens is 6. The molecule has 0 amide bonds. The summed E-state index contributed by atoms with van der Waals surface area (Å²) in [6.45, 7) is -3.10. The number of carbonyl (C=O) groups is 1. The van der Waals surface area contributed by atoms with Gasteiger partial charge >= 0.3 is 12.5 Å². The maximum absolute atomic E-state index is 14.5. The van der Waals surface area contributed by atoms with Crippen LogP contribution < -0.4 is 5.73 Å². The van der Waals surface area contributed by atoms with Gasteiger partial charge in [-0.25, -0.2) is 14.1 Å². The quantitative estimate of drug-likeness (QED) is 0.572. The van der Waals surface area contributed by atoms with Crippen molar-refractivity contribution in [3.8, 4) is 0 Å². The monoisotopic (exact) mass is 436 g/mol. The summed E-state index contributed by atoms with van der Waals surface area (Å²) >= 11 is 5.76. The Morgan fingerprint density at radius 1 is 1.41 bits per heavy atom. The molecule has 0 aliphatic carbocycles. The molecule has 156 valence electrons. The Bertz CT molecular complexity index is 994. The molecule has 2 N–H and O–H groups in total. The molecule has 1 aromatic heterocycles. The third kappa shape index (κ3) is 3.78. The van der Waals surface area contributed by atoms with Gasteiger partial charge in [0.05, 0.1) is 11.2 Å². The van der Waals surface area contributed by atoms with Crippen LogP contribution in [0, 0.1) is 5.82 Å². The van der Waals surface area contributed by atoms with E-state index in [0.29, 0.717) is 0 Å². The first-order chi connectivity index (χ1) is 13.4. The second-order valence-corrected chi connectivity index (χ2v) is 6.92. The summed E-state index contributed by atoms with van der Waals surface area (Å²) in [5.41, 5.74) is 2.24. The number of amidine groups is 1. The lowest BCUT2D eigenvalue weighted by molar-refractivity contribution is -0.117. The number of hydrogen-bond acceptors (Lipinski definition) is 5. The number of carbonyl (C=O) groups excluding carboxylic acids is 1. The average molecular weight is 437 g/mol. The Labute approximate surface area is 166 Å². The second-order valence-electron chi connectivity index (χ2n) is 6.51. The first-order valence-electron chi connectivity index (χ1n) is 8.15. The molecule has 2 aromatic rings. The van der Waals surface area contributed by atoms with Crippen LogP contribution in [0.5, 0.6) is 0 Å². The Kier molecular flexibility index (Phi) is 5.28. The Morgan fingerprint density at radius 3 is 2.72 bits per heavy atom. The van der Waals surface area contributed by atoms with Gasteiger partial charge in [-0.1, -0.05) is 17.7 Å². The fraction of sp³-hybridized carbons (Fsp3) is 0.353. The van der Waals surface area contributed by atoms with Crippen LogP contribution in [0.15, 0.2) is 29.4 Å². The van der Waals surface area contributed by atoms with Gasteiger partial charge in [-0.15, -0.1) is 0 Å². The SMILES string of the molecule is C[C@]1(c2cc(CC(=O)c3nn(C(F)F)cc3Cl)ccc2F)N=C(N)OCC1(F)F. The number of hydrogen-bond donors (Lipinski definition) is 1. The highest BCUT2D eigenvalue weighted by molar-refractivity contribution is 6.33. The molecule has 0 radical (unpaired) electrons. The molecule has 1 atom stereocenters. The van der Waals surface area contributed by atoms with Gasteiger partial charge in [0.15, 0.2) is 17.9 Å². The van der Waals surface area contributed by atoms with Crippen molar-refractivity contribution in [3.05, 3.63) is 52.1 Å². The van der Waals surface area contributed by atoms with E-state index in [9.17, 15) is 26.7 Å². The molecule has 2 heterocycles. The number of rotatable bonds is 5. The smallest absolute Gasteiger partial charge is 0.333 e. The van der Waals surface area contributed by atoms with Crippen molar-refractivity contribution in [1.82, 2.24) is 9.78 Å². The van der Waals surface area contributed by atoms with E-state index in [1.165, 1.54) is 6.07 Å². The largest absolute Gasteiger partial charge is 0.459 e. The zero-order valence-corrected chi connectivity index (χ0v) is 15.6. The van der Waals surface area contributed by atoms with E-state index >= 15 is 0 Å². The highest BCUT2D eigenvalue weighted by Crippen LogP contribution is 2.44. The molecule has 0 fully saturated rings. The minimum absolute atomic E-state index is 0.131. The molecule has 29 heavy (non-hydrogen) atoms. The van der Waals surface area contributed by atoms with E-state index in [0.717, 1.165) is 25.3 Å². The summed E-state index contributed by atoms with van der Waals surface area (Å²) in [5.74, 6) is -5.32. The molecule has 12 heteroatoms. The fourth-order valence-corrected chi connectivity index (χ4v) is 3.12. The molecule has 3 rings (SSSR count). The number of Topliss-reactive ketones (excluding diaryl/α,β-unsaturated/α-hetero) is 1. The first kappa shape index (κ1) is 21.0. The predicted octanol–water partition coefficient (Wildman–Crippen LogP) is 3.69. The lowest BCUT2D eigenvalue weighted by Gasteiger charge is -2.37. The van der Waals surface area contributed by atoms with Gasteiger partial charge < -0.3 is 10.5 Å². The van der Waals surface area contributed by atoms with Gasteiger partial charge in [-0.05, 0) is 24.6 Å². The molecule has 1 aromatic carbocycles. The maximum atomic E-state index is 14.5.